The van der Waals surface area contributed by atoms with Crippen molar-refractivity contribution in [3.63, 3.8) is 0 Å². The van der Waals surface area contributed by atoms with Crippen molar-refractivity contribution < 1.29 is 14.1 Å². The van der Waals surface area contributed by atoms with Crippen molar-refractivity contribution >= 4 is 17.3 Å². The summed E-state index contributed by atoms with van der Waals surface area (Å²) < 4.78 is 14.3. The molecule has 0 bridgehead atoms. The third-order valence-electron chi connectivity index (χ3n) is 3.54. The molecule has 0 saturated heterocycles. The highest BCUT2D eigenvalue weighted by Crippen LogP contribution is 2.21. The van der Waals surface area contributed by atoms with Crippen LogP contribution < -0.4 is 10.9 Å². The predicted octanol–water partition coefficient (Wildman–Crippen LogP) is 1.99. The topological polar surface area (TPSA) is 120 Å². The van der Waals surface area contributed by atoms with E-state index in [2.05, 4.69) is 15.4 Å². The smallest absolute Gasteiger partial charge is 0.306 e. The quantitative estimate of drug-likeness (QED) is 0.542. The summed E-state index contributed by atoms with van der Waals surface area (Å²) in [5.74, 6) is -1.66. The second kappa shape index (κ2) is 7.52. The van der Waals surface area contributed by atoms with Gasteiger partial charge in [0.2, 0.25) is 11.7 Å². The number of nitro groups is 1. The Morgan fingerprint density at radius 1 is 1.26 bits per heavy atom. The Labute approximate surface area is 151 Å². The number of nitrogens with zero attached hydrogens (tertiary/aromatic N) is 4. The molecule has 9 nitrogen and oxygen atoms in total. The van der Waals surface area contributed by atoms with E-state index in [1.165, 1.54) is 18.2 Å². The molecule has 0 fully saturated rings. The van der Waals surface area contributed by atoms with Gasteiger partial charge in [-0.3, -0.25) is 24.7 Å². The number of carbonyl (C=O) groups excluding carboxylic acids is 1. The minimum atomic E-state index is -1.01. The van der Waals surface area contributed by atoms with E-state index in [1.807, 2.05) is 0 Å². The van der Waals surface area contributed by atoms with E-state index < -0.39 is 34.4 Å². The zero-order chi connectivity index (χ0) is 19.4. The number of hydrogen-bond acceptors (Lipinski definition) is 6. The van der Waals surface area contributed by atoms with Crippen LogP contribution in [0.5, 0.6) is 0 Å². The first-order valence-electron chi connectivity index (χ1n) is 7.66. The number of halogens is 1. The minimum Gasteiger partial charge on any atom is -0.324 e. The summed E-state index contributed by atoms with van der Waals surface area (Å²) >= 11 is 0. The summed E-state index contributed by atoms with van der Waals surface area (Å²) in [6.07, 6.45) is 3.16. The van der Waals surface area contributed by atoms with Gasteiger partial charge in [-0.2, -0.15) is 9.49 Å². The number of carbonyl (C=O) groups is 1. The van der Waals surface area contributed by atoms with Crippen molar-refractivity contribution in [3.05, 3.63) is 81.1 Å². The van der Waals surface area contributed by atoms with Gasteiger partial charge >= 0.3 is 5.69 Å². The molecule has 0 aliphatic carbocycles. The van der Waals surface area contributed by atoms with Crippen molar-refractivity contribution in [1.29, 1.82) is 0 Å². The first-order valence-corrected chi connectivity index (χ1v) is 7.66. The van der Waals surface area contributed by atoms with Crippen LogP contribution in [0.1, 0.15) is 0 Å². The lowest BCUT2D eigenvalue weighted by molar-refractivity contribution is -0.387. The SMILES string of the molecule is O=C(Cn1nc(-c2cccnc2)ccc1=O)Nc1ccc(F)c([N+](=O)[O-])c1. The second-order valence-corrected chi connectivity index (χ2v) is 5.43. The van der Waals surface area contributed by atoms with Crippen molar-refractivity contribution in [1.82, 2.24) is 14.8 Å². The monoisotopic (exact) mass is 369 g/mol. The van der Waals surface area contributed by atoms with Crippen LogP contribution in [0, 0.1) is 15.9 Å². The van der Waals surface area contributed by atoms with Crippen molar-refractivity contribution in [2.24, 2.45) is 0 Å². The minimum absolute atomic E-state index is 0.0320. The highest BCUT2D eigenvalue weighted by molar-refractivity contribution is 5.90. The van der Waals surface area contributed by atoms with Gasteiger partial charge in [0.05, 0.1) is 10.6 Å². The molecule has 0 unspecified atom stereocenters. The Morgan fingerprint density at radius 3 is 2.78 bits per heavy atom. The number of hydrogen-bond donors (Lipinski definition) is 1. The molecule has 27 heavy (non-hydrogen) atoms. The van der Waals surface area contributed by atoms with Crippen molar-refractivity contribution in [2.45, 2.75) is 6.54 Å². The molecule has 0 spiro atoms. The molecule has 1 N–H and O–H groups in total. The lowest BCUT2D eigenvalue weighted by atomic mass is 10.2. The zero-order valence-corrected chi connectivity index (χ0v) is 13.7. The number of amides is 1. The fraction of sp³-hybridized carbons (Fsp3) is 0.0588. The van der Waals surface area contributed by atoms with Crippen LogP contribution >= 0.6 is 0 Å². The number of anilines is 1. The Bertz CT molecular complexity index is 1070. The summed E-state index contributed by atoms with van der Waals surface area (Å²) in [6.45, 7) is -0.419. The summed E-state index contributed by atoms with van der Waals surface area (Å²) in [6, 6.07) is 9.20. The number of aromatic nitrogens is 3. The lowest BCUT2D eigenvalue weighted by Crippen LogP contribution is -2.29. The van der Waals surface area contributed by atoms with Crippen LogP contribution in [-0.4, -0.2) is 25.6 Å². The maximum atomic E-state index is 13.3. The van der Waals surface area contributed by atoms with Gasteiger partial charge in [0.15, 0.2) is 0 Å². The van der Waals surface area contributed by atoms with Gasteiger partial charge in [0.1, 0.15) is 6.54 Å². The first-order chi connectivity index (χ1) is 12.9. The van der Waals surface area contributed by atoms with E-state index in [1.54, 1.807) is 24.5 Å². The normalized spacial score (nSPS) is 10.4. The van der Waals surface area contributed by atoms with E-state index in [0.717, 1.165) is 16.8 Å². The average Bonchev–Trinajstić information content (AvgIpc) is 2.65. The van der Waals surface area contributed by atoms with Crippen LogP contribution in [0.25, 0.3) is 11.3 Å². The molecule has 3 rings (SSSR count). The number of rotatable bonds is 5. The van der Waals surface area contributed by atoms with Gasteiger partial charge < -0.3 is 5.32 Å². The Balaban J connectivity index is 1.79. The molecule has 0 aliphatic heterocycles. The fourth-order valence-corrected chi connectivity index (χ4v) is 2.30. The number of nitrogens with one attached hydrogen (secondary N) is 1. The van der Waals surface area contributed by atoms with E-state index in [4.69, 9.17) is 0 Å². The van der Waals surface area contributed by atoms with E-state index >= 15 is 0 Å². The maximum absolute atomic E-state index is 13.3. The first kappa shape index (κ1) is 17.9. The summed E-state index contributed by atoms with van der Waals surface area (Å²) in [4.78, 5) is 37.9. The number of nitro benzene ring substituents is 1. The molecule has 0 saturated carbocycles. The molecule has 2 aromatic heterocycles. The van der Waals surface area contributed by atoms with Gasteiger partial charge in [-0.05, 0) is 30.3 Å². The molecule has 136 valence electrons. The molecule has 0 aliphatic rings. The van der Waals surface area contributed by atoms with E-state index in [9.17, 15) is 24.1 Å². The van der Waals surface area contributed by atoms with Gasteiger partial charge in [0, 0.05) is 35.8 Å². The molecular weight excluding hydrogens is 357 g/mol. The molecule has 0 radical (unpaired) electrons. The molecule has 0 atom stereocenters. The Hall–Kier alpha value is -3.95. The standard InChI is InChI=1S/C17H12FN5O4/c18-13-4-3-12(8-15(13)23(26)27)20-16(24)10-22-17(25)6-5-14(21-22)11-2-1-7-19-9-11/h1-9H,10H2,(H,20,24). The second-order valence-electron chi connectivity index (χ2n) is 5.43. The lowest BCUT2D eigenvalue weighted by Gasteiger charge is -2.08. The molecular formula is C17H12FN5O4. The van der Waals surface area contributed by atoms with Crippen LogP contribution in [0.2, 0.25) is 0 Å². The third kappa shape index (κ3) is 4.18. The van der Waals surface area contributed by atoms with Crippen LogP contribution in [0.15, 0.2) is 59.7 Å². The van der Waals surface area contributed by atoms with E-state index in [0.29, 0.717) is 11.3 Å². The molecule has 10 heteroatoms. The predicted molar refractivity (Wildman–Crippen MR) is 93.4 cm³/mol. The summed E-state index contributed by atoms with van der Waals surface area (Å²) in [5.41, 5.74) is -0.108. The van der Waals surface area contributed by atoms with E-state index in [-0.39, 0.29) is 5.69 Å². The third-order valence-corrected chi connectivity index (χ3v) is 3.54. The average molecular weight is 369 g/mol. The van der Waals surface area contributed by atoms with Crippen molar-refractivity contribution in [3.8, 4) is 11.3 Å². The fourth-order valence-electron chi connectivity index (χ4n) is 2.30. The Kier molecular flexibility index (Phi) is 4.97. The number of pyridine rings is 1. The van der Waals surface area contributed by atoms with Gasteiger partial charge in [-0.25, -0.2) is 4.68 Å². The molecule has 2 heterocycles. The molecule has 3 aromatic rings. The van der Waals surface area contributed by atoms with Crippen molar-refractivity contribution in [2.75, 3.05) is 5.32 Å². The van der Waals surface area contributed by atoms with Crippen LogP contribution in [0.4, 0.5) is 15.8 Å². The van der Waals surface area contributed by atoms with Gasteiger partial charge in [-0.1, -0.05) is 0 Å². The summed E-state index contributed by atoms with van der Waals surface area (Å²) in [5, 5.41) is 17.3. The van der Waals surface area contributed by atoms with Gasteiger partial charge in [0.25, 0.3) is 5.56 Å². The number of benzene rings is 1. The maximum Gasteiger partial charge on any atom is 0.306 e. The summed E-state index contributed by atoms with van der Waals surface area (Å²) in [7, 11) is 0. The molecule has 1 amide bonds. The Morgan fingerprint density at radius 2 is 2.07 bits per heavy atom. The highest BCUT2D eigenvalue weighted by atomic mass is 19.1. The van der Waals surface area contributed by atoms with Crippen LogP contribution in [-0.2, 0) is 11.3 Å². The highest BCUT2D eigenvalue weighted by Gasteiger charge is 2.16. The zero-order valence-electron chi connectivity index (χ0n) is 13.7. The van der Waals surface area contributed by atoms with Gasteiger partial charge in [-0.15, -0.1) is 0 Å². The molecule has 1 aromatic carbocycles. The van der Waals surface area contributed by atoms with Crippen LogP contribution in [0.3, 0.4) is 0 Å². The largest absolute Gasteiger partial charge is 0.324 e.